The first-order valence-electron chi connectivity index (χ1n) is 4.57. The van der Waals surface area contributed by atoms with E-state index in [1.54, 1.807) is 11.8 Å². The van der Waals surface area contributed by atoms with E-state index in [2.05, 4.69) is 32.6 Å². The Morgan fingerprint density at radius 1 is 1.15 bits per heavy atom. The average Bonchev–Trinajstić information content (AvgIpc) is 1.81. The Morgan fingerprint density at radius 3 is 2.08 bits per heavy atom. The predicted molar refractivity (Wildman–Crippen MR) is 62.8 cm³/mol. The molecule has 0 amide bonds. The van der Waals surface area contributed by atoms with E-state index in [-0.39, 0.29) is 11.0 Å². The molecule has 0 saturated carbocycles. The van der Waals surface area contributed by atoms with Gasteiger partial charge in [0.25, 0.3) is 0 Å². The van der Waals surface area contributed by atoms with E-state index < -0.39 is 0 Å². The van der Waals surface area contributed by atoms with E-state index in [1.807, 2.05) is 13.8 Å². The molecule has 0 heterocycles. The SMILES string of the molecule is CC(C)(C)C#CCSCC(C)(C)N. The van der Waals surface area contributed by atoms with Gasteiger partial charge in [-0.25, -0.2) is 0 Å². The number of thioether (sulfide) groups is 1. The van der Waals surface area contributed by atoms with E-state index in [4.69, 9.17) is 5.73 Å². The lowest BCUT2D eigenvalue weighted by molar-refractivity contribution is 0.571. The molecule has 0 unspecified atom stereocenters. The third-order valence-corrected chi connectivity index (χ3v) is 2.41. The molecule has 0 spiro atoms. The zero-order valence-electron chi connectivity index (χ0n) is 9.40. The van der Waals surface area contributed by atoms with E-state index in [0.29, 0.717) is 0 Å². The van der Waals surface area contributed by atoms with Crippen LogP contribution in [0.5, 0.6) is 0 Å². The summed E-state index contributed by atoms with van der Waals surface area (Å²) in [4.78, 5) is 0. The summed E-state index contributed by atoms with van der Waals surface area (Å²) < 4.78 is 0. The van der Waals surface area contributed by atoms with Crippen LogP contribution in [0.25, 0.3) is 0 Å². The van der Waals surface area contributed by atoms with Gasteiger partial charge in [-0.2, -0.15) is 0 Å². The van der Waals surface area contributed by atoms with Gasteiger partial charge < -0.3 is 5.73 Å². The van der Waals surface area contributed by atoms with Crippen LogP contribution in [0.4, 0.5) is 0 Å². The molecule has 0 aromatic rings. The maximum absolute atomic E-state index is 5.83. The van der Waals surface area contributed by atoms with Crippen LogP contribution in [-0.2, 0) is 0 Å². The van der Waals surface area contributed by atoms with Crippen LogP contribution in [0.1, 0.15) is 34.6 Å². The molecule has 0 bridgehead atoms. The van der Waals surface area contributed by atoms with Gasteiger partial charge >= 0.3 is 0 Å². The highest BCUT2D eigenvalue weighted by molar-refractivity contribution is 7.99. The van der Waals surface area contributed by atoms with Crippen molar-refractivity contribution in [1.29, 1.82) is 0 Å². The van der Waals surface area contributed by atoms with Crippen LogP contribution in [0.3, 0.4) is 0 Å². The summed E-state index contributed by atoms with van der Waals surface area (Å²) in [5.74, 6) is 8.20. The Bertz CT molecular complexity index is 197. The molecular weight excluding hydrogens is 178 g/mol. The van der Waals surface area contributed by atoms with Crippen molar-refractivity contribution in [3.05, 3.63) is 0 Å². The quantitative estimate of drug-likeness (QED) is 0.558. The second kappa shape index (κ2) is 4.93. The topological polar surface area (TPSA) is 26.0 Å². The summed E-state index contributed by atoms with van der Waals surface area (Å²) in [6.45, 7) is 10.4. The first-order valence-corrected chi connectivity index (χ1v) is 5.73. The van der Waals surface area contributed by atoms with Gasteiger partial charge in [-0.1, -0.05) is 11.8 Å². The summed E-state index contributed by atoms with van der Waals surface area (Å²) in [6, 6.07) is 0. The smallest absolute Gasteiger partial charge is 0.0548 e. The van der Waals surface area contributed by atoms with Gasteiger partial charge in [0.2, 0.25) is 0 Å². The summed E-state index contributed by atoms with van der Waals surface area (Å²) in [5, 5.41) is 0. The summed E-state index contributed by atoms with van der Waals surface area (Å²) in [7, 11) is 0. The summed E-state index contributed by atoms with van der Waals surface area (Å²) in [5.41, 5.74) is 5.88. The average molecular weight is 199 g/mol. The molecule has 2 N–H and O–H groups in total. The van der Waals surface area contributed by atoms with E-state index in [9.17, 15) is 0 Å². The molecule has 0 fully saturated rings. The fraction of sp³-hybridized carbons (Fsp3) is 0.818. The van der Waals surface area contributed by atoms with Gasteiger partial charge in [-0.3, -0.25) is 0 Å². The summed E-state index contributed by atoms with van der Waals surface area (Å²) in [6.07, 6.45) is 0. The van der Waals surface area contributed by atoms with E-state index >= 15 is 0 Å². The Balaban J connectivity index is 3.62. The van der Waals surface area contributed by atoms with Crippen molar-refractivity contribution in [2.45, 2.75) is 40.2 Å². The highest BCUT2D eigenvalue weighted by Gasteiger charge is 2.09. The highest BCUT2D eigenvalue weighted by Crippen LogP contribution is 2.11. The molecule has 1 nitrogen and oxygen atoms in total. The Labute approximate surface area is 86.9 Å². The number of rotatable bonds is 3. The standard InChI is InChI=1S/C11H21NS/c1-10(2,3)7-6-8-13-9-11(4,5)12/h8-9,12H2,1-5H3. The molecule has 76 valence electrons. The van der Waals surface area contributed by atoms with Gasteiger partial charge in [0.15, 0.2) is 0 Å². The molecule has 0 aliphatic rings. The van der Waals surface area contributed by atoms with Gasteiger partial charge in [0.05, 0.1) is 5.75 Å². The second-order valence-electron chi connectivity index (χ2n) is 5.03. The van der Waals surface area contributed by atoms with Crippen LogP contribution >= 0.6 is 11.8 Å². The minimum atomic E-state index is -0.0753. The zero-order valence-corrected chi connectivity index (χ0v) is 10.2. The number of hydrogen-bond acceptors (Lipinski definition) is 2. The van der Waals surface area contributed by atoms with Crippen molar-refractivity contribution < 1.29 is 0 Å². The summed E-state index contributed by atoms with van der Waals surface area (Å²) >= 11 is 1.80. The molecule has 0 aromatic heterocycles. The monoisotopic (exact) mass is 199 g/mol. The molecular formula is C11H21NS. The van der Waals surface area contributed by atoms with Crippen molar-refractivity contribution >= 4 is 11.8 Å². The molecule has 0 saturated heterocycles. The lowest BCUT2D eigenvalue weighted by Gasteiger charge is -2.16. The maximum Gasteiger partial charge on any atom is 0.0548 e. The fourth-order valence-corrected chi connectivity index (χ4v) is 1.47. The number of nitrogens with two attached hydrogens (primary N) is 1. The van der Waals surface area contributed by atoms with Gasteiger partial charge in [0, 0.05) is 16.7 Å². The maximum atomic E-state index is 5.83. The Kier molecular flexibility index (Phi) is 4.88. The second-order valence-corrected chi connectivity index (χ2v) is 6.02. The van der Waals surface area contributed by atoms with E-state index in [0.717, 1.165) is 11.5 Å². The van der Waals surface area contributed by atoms with Gasteiger partial charge in [0.1, 0.15) is 0 Å². The molecule has 0 rings (SSSR count). The van der Waals surface area contributed by atoms with Crippen LogP contribution < -0.4 is 5.73 Å². The molecule has 13 heavy (non-hydrogen) atoms. The van der Waals surface area contributed by atoms with Gasteiger partial charge in [-0.15, -0.1) is 11.8 Å². The largest absolute Gasteiger partial charge is 0.325 e. The number of hydrogen-bond donors (Lipinski definition) is 1. The van der Waals surface area contributed by atoms with Crippen molar-refractivity contribution in [3.63, 3.8) is 0 Å². The molecule has 0 aliphatic carbocycles. The molecule has 0 aliphatic heterocycles. The predicted octanol–water partition coefficient (Wildman–Crippen LogP) is 2.51. The lowest BCUT2D eigenvalue weighted by Crippen LogP contribution is -2.34. The minimum absolute atomic E-state index is 0.0753. The fourth-order valence-electron chi connectivity index (χ4n) is 0.666. The van der Waals surface area contributed by atoms with Crippen molar-refractivity contribution in [2.24, 2.45) is 11.1 Å². The minimum Gasteiger partial charge on any atom is -0.325 e. The van der Waals surface area contributed by atoms with Crippen LogP contribution in [0.15, 0.2) is 0 Å². The molecule has 0 aromatic carbocycles. The van der Waals surface area contributed by atoms with Gasteiger partial charge in [-0.05, 0) is 34.6 Å². The Hall–Kier alpha value is -0.130. The lowest BCUT2D eigenvalue weighted by atomic mass is 9.98. The van der Waals surface area contributed by atoms with Crippen LogP contribution in [-0.4, -0.2) is 17.0 Å². The van der Waals surface area contributed by atoms with Crippen molar-refractivity contribution in [2.75, 3.05) is 11.5 Å². The first kappa shape index (κ1) is 12.9. The first-order chi connectivity index (χ1) is 5.71. The van der Waals surface area contributed by atoms with E-state index in [1.165, 1.54) is 0 Å². The zero-order chi connectivity index (χ0) is 10.5. The Morgan fingerprint density at radius 2 is 1.69 bits per heavy atom. The van der Waals surface area contributed by atoms with Crippen molar-refractivity contribution in [1.82, 2.24) is 0 Å². The third kappa shape index (κ3) is 11.9. The highest BCUT2D eigenvalue weighted by atomic mass is 32.2. The molecule has 0 atom stereocenters. The third-order valence-electron chi connectivity index (χ3n) is 1.11. The molecule has 0 radical (unpaired) electrons. The van der Waals surface area contributed by atoms with Crippen molar-refractivity contribution in [3.8, 4) is 11.8 Å². The normalized spacial score (nSPS) is 12.2. The van der Waals surface area contributed by atoms with Crippen LogP contribution in [0.2, 0.25) is 0 Å². The van der Waals surface area contributed by atoms with Crippen LogP contribution in [0, 0.1) is 17.3 Å². The molecule has 2 heteroatoms.